The Morgan fingerprint density at radius 1 is 0.605 bits per heavy atom. The zero-order valence-electron chi connectivity index (χ0n) is 25.7. The van der Waals surface area contributed by atoms with E-state index in [2.05, 4.69) is 48.5 Å². The van der Waals surface area contributed by atoms with Gasteiger partial charge in [0, 0.05) is 11.8 Å². The van der Waals surface area contributed by atoms with Crippen molar-refractivity contribution in [3.63, 3.8) is 0 Å². The predicted octanol–water partition coefficient (Wildman–Crippen LogP) is 7.97. The fourth-order valence-electron chi connectivity index (χ4n) is 13.0. The SMILES string of the molecule is CC(=O)[C@H]1C[C@]2(C)[C@H]3CC[C@]4(C)[C@@H](CC[C@@]5(C(=O)O)CCC(C)(C)C[C@@H]54)[C@]3(C)CC[C@H]2C(C)(C)[C@H]1C(C)=O. The summed E-state index contributed by atoms with van der Waals surface area (Å²) < 4.78 is 0. The molecule has 0 unspecified atom stereocenters. The number of Topliss-reactive ketones (excluding diaryl/α,β-unsaturated/α-hetero) is 2. The molecule has 38 heavy (non-hydrogen) atoms. The van der Waals surface area contributed by atoms with Crippen molar-refractivity contribution in [3.05, 3.63) is 0 Å². The summed E-state index contributed by atoms with van der Waals surface area (Å²) in [5.41, 5.74) is -0.366. The third kappa shape index (κ3) is 3.55. The lowest BCUT2D eigenvalue weighted by atomic mass is 9.31. The number of fused-ring (bicyclic) bond motifs is 7. The number of hydrogen-bond acceptors (Lipinski definition) is 3. The number of carbonyl (C=O) groups excluding carboxylic acids is 2. The molecule has 0 radical (unpaired) electrons. The minimum absolute atomic E-state index is 0.0211. The lowest BCUT2D eigenvalue weighted by Crippen LogP contribution is -2.68. The lowest BCUT2D eigenvalue weighted by molar-refractivity contribution is -0.247. The average molecular weight is 527 g/mol. The summed E-state index contributed by atoms with van der Waals surface area (Å²) in [6.07, 6.45) is 10.0. The van der Waals surface area contributed by atoms with Crippen LogP contribution in [0.15, 0.2) is 0 Å². The molecule has 0 aliphatic heterocycles. The molecule has 0 spiro atoms. The van der Waals surface area contributed by atoms with Gasteiger partial charge < -0.3 is 5.11 Å². The van der Waals surface area contributed by atoms with E-state index in [0.29, 0.717) is 17.8 Å². The van der Waals surface area contributed by atoms with Gasteiger partial charge in [0.2, 0.25) is 0 Å². The molecule has 4 nitrogen and oxygen atoms in total. The summed E-state index contributed by atoms with van der Waals surface area (Å²) in [6, 6.07) is 0. The number of ketones is 2. The van der Waals surface area contributed by atoms with Crippen molar-refractivity contribution >= 4 is 17.5 Å². The number of rotatable bonds is 3. The van der Waals surface area contributed by atoms with Gasteiger partial charge in [-0.05, 0) is 129 Å². The van der Waals surface area contributed by atoms with E-state index >= 15 is 0 Å². The zero-order chi connectivity index (χ0) is 28.3. The summed E-state index contributed by atoms with van der Waals surface area (Å²) in [5, 5.41) is 10.6. The summed E-state index contributed by atoms with van der Waals surface area (Å²) in [4.78, 5) is 38.9. The van der Waals surface area contributed by atoms with Crippen LogP contribution in [0, 0.1) is 68.0 Å². The fourth-order valence-corrected chi connectivity index (χ4v) is 13.0. The molecule has 0 aromatic rings. The smallest absolute Gasteiger partial charge is 0.309 e. The van der Waals surface area contributed by atoms with Crippen LogP contribution in [0.4, 0.5) is 0 Å². The fraction of sp³-hybridized carbons (Fsp3) is 0.912. The molecule has 5 aliphatic rings. The first-order valence-corrected chi connectivity index (χ1v) is 15.6. The second-order valence-electron chi connectivity index (χ2n) is 17.0. The van der Waals surface area contributed by atoms with Gasteiger partial charge in [0.15, 0.2) is 0 Å². The maximum absolute atomic E-state index is 13.0. The minimum Gasteiger partial charge on any atom is -0.481 e. The van der Waals surface area contributed by atoms with Gasteiger partial charge in [-0.25, -0.2) is 0 Å². The highest BCUT2D eigenvalue weighted by Crippen LogP contribution is 2.77. The molecule has 5 fully saturated rings. The standard InChI is InChI=1S/C34H54O4/c1-20(35)22-18-33(9)23(30(5,6)27(22)21(2)36)10-13-31(7)24-12-15-34(28(37)38)17-16-29(3,4)19-26(34)32(24,8)14-11-25(31)33/h22-27H,10-19H2,1-9H3,(H,37,38)/t22-,23+,24+,25+,26-,27+,31+,32-,33+,34-/m1/s1. The van der Waals surface area contributed by atoms with Crippen LogP contribution in [0.25, 0.3) is 0 Å². The number of aliphatic carboxylic acids is 1. The van der Waals surface area contributed by atoms with Crippen LogP contribution in [-0.2, 0) is 14.4 Å². The molecular weight excluding hydrogens is 472 g/mol. The van der Waals surface area contributed by atoms with E-state index in [1.807, 2.05) is 0 Å². The first-order valence-electron chi connectivity index (χ1n) is 15.6. The van der Waals surface area contributed by atoms with Crippen molar-refractivity contribution < 1.29 is 19.5 Å². The number of carboxylic acids is 1. The Morgan fingerprint density at radius 2 is 1.13 bits per heavy atom. The summed E-state index contributed by atoms with van der Waals surface area (Å²) in [6.45, 7) is 20.2. The van der Waals surface area contributed by atoms with Gasteiger partial charge in [-0.3, -0.25) is 14.4 Å². The lowest BCUT2D eigenvalue weighted by Gasteiger charge is -2.73. The van der Waals surface area contributed by atoms with E-state index in [9.17, 15) is 19.5 Å². The predicted molar refractivity (Wildman–Crippen MR) is 150 cm³/mol. The van der Waals surface area contributed by atoms with E-state index in [0.717, 1.165) is 64.2 Å². The quantitative estimate of drug-likeness (QED) is 0.405. The van der Waals surface area contributed by atoms with Crippen LogP contribution in [0.3, 0.4) is 0 Å². The second-order valence-corrected chi connectivity index (χ2v) is 17.0. The van der Waals surface area contributed by atoms with Gasteiger partial charge in [0.05, 0.1) is 5.41 Å². The highest BCUT2D eigenvalue weighted by Gasteiger charge is 2.71. The summed E-state index contributed by atoms with van der Waals surface area (Å²) in [5.74, 6) is 1.12. The number of carboxylic acid groups (broad SMARTS) is 1. The van der Waals surface area contributed by atoms with Crippen LogP contribution in [-0.4, -0.2) is 22.6 Å². The Hall–Kier alpha value is -1.19. The molecule has 0 heterocycles. The van der Waals surface area contributed by atoms with E-state index in [1.165, 1.54) is 0 Å². The van der Waals surface area contributed by atoms with Gasteiger partial charge in [0.1, 0.15) is 11.6 Å². The molecule has 1 N–H and O–H groups in total. The normalized spacial score (nSPS) is 51.0. The van der Waals surface area contributed by atoms with Crippen LogP contribution in [0.5, 0.6) is 0 Å². The molecule has 0 aromatic heterocycles. The van der Waals surface area contributed by atoms with E-state index in [-0.39, 0.29) is 56.4 Å². The van der Waals surface area contributed by atoms with Gasteiger partial charge >= 0.3 is 5.97 Å². The molecule has 0 aromatic carbocycles. The van der Waals surface area contributed by atoms with Gasteiger partial charge in [-0.1, -0.05) is 48.5 Å². The Bertz CT molecular complexity index is 1040. The van der Waals surface area contributed by atoms with Crippen LogP contribution < -0.4 is 0 Å². The second kappa shape index (κ2) is 8.41. The third-order valence-corrected chi connectivity index (χ3v) is 14.4. The summed E-state index contributed by atoms with van der Waals surface area (Å²) >= 11 is 0. The maximum Gasteiger partial charge on any atom is 0.309 e. The molecule has 214 valence electrons. The average Bonchev–Trinajstić information content (AvgIpc) is 2.77. The molecule has 5 aliphatic carbocycles. The van der Waals surface area contributed by atoms with E-state index in [4.69, 9.17) is 0 Å². The van der Waals surface area contributed by atoms with Crippen molar-refractivity contribution in [2.45, 2.75) is 127 Å². The first kappa shape index (κ1) is 28.3. The van der Waals surface area contributed by atoms with Crippen LogP contribution in [0.1, 0.15) is 127 Å². The highest BCUT2D eigenvalue weighted by molar-refractivity contribution is 5.88. The van der Waals surface area contributed by atoms with E-state index in [1.54, 1.807) is 13.8 Å². The van der Waals surface area contributed by atoms with Crippen molar-refractivity contribution in [2.75, 3.05) is 0 Å². The molecule has 0 bridgehead atoms. The Morgan fingerprint density at radius 3 is 1.68 bits per heavy atom. The maximum atomic E-state index is 13.0. The van der Waals surface area contributed by atoms with Crippen LogP contribution >= 0.6 is 0 Å². The topological polar surface area (TPSA) is 71.4 Å². The molecule has 4 heteroatoms. The Kier molecular flexibility index (Phi) is 6.28. The highest BCUT2D eigenvalue weighted by atomic mass is 16.4. The molecule has 10 atom stereocenters. The summed E-state index contributed by atoms with van der Waals surface area (Å²) in [7, 11) is 0. The minimum atomic E-state index is -0.563. The van der Waals surface area contributed by atoms with Crippen LogP contribution in [0.2, 0.25) is 0 Å². The molecule has 0 amide bonds. The first-order chi connectivity index (χ1) is 17.4. The van der Waals surface area contributed by atoms with Gasteiger partial charge in [-0.15, -0.1) is 0 Å². The monoisotopic (exact) mass is 526 g/mol. The van der Waals surface area contributed by atoms with Crippen molar-refractivity contribution in [3.8, 4) is 0 Å². The van der Waals surface area contributed by atoms with Gasteiger partial charge in [0.25, 0.3) is 0 Å². The third-order valence-electron chi connectivity index (χ3n) is 14.4. The van der Waals surface area contributed by atoms with Crippen molar-refractivity contribution in [2.24, 2.45) is 68.0 Å². The molecule has 5 saturated carbocycles. The van der Waals surface area contributed by atoms with Gasteiger partial charge in [-0.2, -0.15) is 0 Å². The zero-order valence-corrected chi connectivity index (χ0v) is 25.7. The molecule has 0 saturated heterocycles. The van der Waals surface area contributed by atoms with E-state index < -0.39 is 11.4 Å². The number of hydrogen-bond donors (Lipinski definition) is 1. The molecular formula is C34H54O4. The van der Waals surface area contributed by atoms with Crippen molar-refractivity contribution in [1.82, 2.24) is 0 Å². The number of carbonyl (C=O) groups is 3. The Labute approximate surface area is 231 Å². The largest absolute Gasteiger partial charge is 0.481 e. The Balaban J connectivity index is 1.56. The van der Waals surface area contributed by atoms with Crippen molar-refractivity contribution in [1.29, 1.82) is 0 Å². The molecule has 5 rings (SSSR count).